The van der Waals surface area contributed by atoms with Crippen molar-refractivity contribution < 1.29 is 8.42 Å². The first kappa shape index (κ1) is 14.5. The lowest BCUT2D eigenvalue weighted by molar-refractivity contribution is 0.291. The number of nitrogens with zero attached hydrogens (tertiary/aromatic N) is 3. The van der Waals surface area contributed by atoms with E-state index in [-0.39, 0.29) is 5.03 Å². The van der Waals surface area contributed by atoms with Gasteiger partial charge in [-0.15, -0.1) is 0 Å². The van der Waals surface area contributed by atoms with Gasteiger partial charge in [0.15, 0.2) is 5.03 Å². The van der Waals surface area contributed by atoms with Crippen LogP contribution in [0.3, 0.4) is 0 Å². The summed E-state index contributed by atoms with van der Waals surface area (Å²) in [5, 5.41) is 3.53. The highest BCUT2D eigenvalue weighted by atomic mass is 32.2. The molecule has 0 atom stereocenters. The van der Waals surface area contributed by atoms with E-state index in [1.165, 1.54) is 0 Å². The van der Waals surface area contributed by atoms with Gasteiger partial charge in [-0.05, 0) is 26.3 Å². The van der Waals surface area contributed by atoms with Gasteiger partial charge in [-0.3, -0.25) is 0 Å². The Hall–Kier alpha value is -0.920. The second-order valence-corrected chi connectivity index (χ2v) is 6.66. The van der Waals surface area contributed by atoms with E-state index < -0.39 is 10.0 Å². The van der Waals surface area contributed by atoms with Crippen LogP contribution in [0.2, 0.25) is 0 Å². The van der Waals surface area contributed by atoms with E-state index in [1.807, 2.05) is 6.92 Å². The summed E-state index contributed by atoms with van der Waals surface area (Å²) in [6.45, 7) is 6.82. The average Bonchev–Trinajstić information content (AvgIpc) is 2.89. The number of piperidine rings is 1. The fourth-order valence-electron chi connectivity index (χ4n) is 2.37. The summed E-state index contributed by atoms with van der Waals surface area (Å²) in [4.78, 5) is 4.01. The highest BCUT2D eigenvalue weighted by Gasteiger charge is 2.30. The molecule has 1 aliphatic heterocycles. The van der Waals surface area contributed by atoms with Gasteiger partial charge < -0.3 is 9.88 Å². The third kappa shape index (κ3) is 3.16. The zero-order valence-electron chi connectivity index (χ0n) is 11.5. The third-order valence-corrected chi connectivity index (χ3v) is 5.31. The first-order valence-electron chi connectivity index (χ1n) is 6.83. The number of aryl methyl sites for hydroxylation is 1. The van der Waals surface area contributed by atoms with E-state index in [2.05, 4.69) is 17.2 Å². The number of aromatic nitrogens is 2. The molecular weight excluding hydrogens is 264 g/mol. The molecule has 19 heavy (non-hydrogen) atoms. The van der Waals surface area contributed by atoms with E-state index in [0.29, 0.717) is 19.1 Å². The van der Waals surface area contributed by atoms with E-state index in [0.717, 1.165) is 25.9 Å². The lowest BCUT2D eigenvalue weighted by atomic mass is 10.1. The quantitative estimate of drug-likeness (QED) is 0.864. The summed E-state index contributed by atoms with van der Waals surface area (Å²) in [5.74, 6) is 0. The smallest absolute Gasteiger partial charge is 0.262 e. The highest BCUT2D eigenvalue weighted by molar-refractivity contribution is 7.89. The second kappa shape index (κ2) is 6.02. The van der Waals surface area contributed by atoms with Crippen molar-refractivity contribution in [2.45, 2.75) is 44.3 Å². The number of rotatable bonds is 5. The summed E-state index contributed by atoms with van der Waals surface area (Å²) < 4.78 is 28.1. The fraction of sp³-hybridized carbons (Fsp3) is 0.750. The molecule has 2 heterocycles. The van der Waals surface area contributed by atoms with Gasteiger partial charge in [-0.2, -0.15) is 4.31 Å². The zero-order valence-corrected chi connectivity index (χ0v) is 12.4. The Kier molecular flexibility index (Phi) is 4.59. The molecule has 0 bridgehead atoms. The molecule has 2 rings (SSSR count). The Morgan fingerprint density at radius 3 is 2.58 bits per heavy atom. The van der Waals surface area contributed by atoms with Crippen LogP contribution in [-0.4, -0.2) is 48.0 Å². The molecule has 0 saturated carbocycles. The fourth-order valence-corrected chi connectivity index (χ4v) is 3.77. The summed E-state index contributed by atoms with van der Waals surface area (Å²) in [6.07, 6.45) is 4.90. The van der Waals surface area contributed by atoms with Crippen LogP contribution in [0.15, 0.2) is 17.6 Å². The van der Waals surface area contributed by atoms with Crippen LogP contribution < -0.4 is 5.32 Å². The number of hydrogen-bond donors (Lipinski definition) is 1. The molecular formula is C12H22N4O2S. The van der Waals surface area contributed by atoms with Crippen molar-refractivity contribution in [3.8, 4) is 0 Å². The third-order valence-electron chi connectivity index (χ3n) is 3.53. The van der Waals surface area contributed by atoms with Gasteiger partial charge in [0.05, 0.1) is 6.33 Å². The maximum Gasteiger partial charge on any atom is 0.262 e. The van der Waals surface area contributed by atoms with Gasteiger partial charge in [-0.1, -0.05) is 6.92 Å². The SMILES string of the molecule is CCNC1CCN(S(=O)(=O)c2cn(CC)cn2)CC1. The van der Waals surface area contributed by atoms with Crippen molar-refractivity contribution >= 4 is 10.0 Å². The minimum Gasteiger partial charge on any atom is -0.336 e. The molecule has 1 aliphatic rings. The Labute approximate surface area is 114 Å². The van der Waals surface area contributed by atoms with Crippen LogP contribution >= 0.6 is 0 Å². The molecule has 0 amide bonds. The van der Waals surface area contributed by atoms with Crippen molar-refractivity contribution in [2.75, 3.05) is 19.6 Å². The van der Waals surface area contributed by atoms with E-state index in [9.17, 15) is 8.42 Å². The molecule has 0 aromatic carbocycles. The molecule has 0 unspecified atom stereocenters. The lowest BCUT2D eigenvalue weighted by Gasteiger charge is -2.30. The first-order chi connectivity index (χ1) is 9.07. The minimum atomic E-state index is -3.42. The van der Waals surface area contributed by atoms with E-state index in [1.54, 1.807) is 21.4 Å². The van der Waals surface area contributed by atoms with Crippen LogP contribution in [0.4, 0.5) is 0 Å². The van der Waals surface area contributed by atoms with Crippen LogP contribution in [0, 0.1) is 0 Å². The summed E-state index contributed by atoms with van der Waals surface area (Å²) >= 11 is 0. The Morgan fingerprint density at radius 1 is 1.37 bits per heavy atom. The molecule has 0 radical (unpaired) electrons. The molecule has 108 valence electrons. The minimum absolute atomic E-state index is 0.163. The summed E-state index contributed by atoms with van der Waals surface area (Å²) in [7, 11) is -3.42. The standard InChI is InChI=1S/C12H22N4O2S/c1-3-13-11-5-7-16(8-6-11)19(17,18)12-9-15(4-2)10-14-12/h9-11,13H,3-8H2,1-2H3. The largest absolute Gasteiger partial charge is 0.336 e. The summed E-state index contributed by atoms with van der Waals surface area (Å²) in [6, 6.07) is 0.435. The molecule has 1 saturated heterocycles. The maximum atomic E-state index is 12.4. The molecule has 7 heteroatoms. The topological polar surface area (TPSA) is 67.2 Å². The number of imidazole rings is 1. The van der Waals surface area contributed by atoms with Gasteiger partial charge in [-0.25, -0.2) is 13.4 Å². The molecule has 1 aromatic rings. The molecule has 0 spiro atoms. The molecule has 1 fully saturated rings. The Balaban J connectivity index is 2.05. The van der Waals surface area contributed by atoms with E-state index in [4.69, 9.17) is 0 Å². The Bertz CT molecular complexity index is 504. The Morgan fingerprint density at radius 2 is 2.05 bits per heavy atom. The van der Waals surface area contributed by atoms with Gasteiger partial charge in [0.2, 0.25) is 0 Å². The van der Waals surface area contributed by atoms with Crippen LogP contribution in [0.25, 0.3) is 0 Å². The van der Waals surface area contributed by atoms with Crippen molar-refractivity contribution in [1.82, 2.24) is 19.2 Å². The second-order valence-electron chi connectivity index (χ2n) is 4.78. The first-order valence-corrected chi connectivity index (χ1v) is 8.27. The van der Waals surface area contributed by atoms with Crippen molar-refractivity contribution in [1.29, 1.82) is 0 Å². The lowest BCUT2D eigenvalue weighted by Crippen LogP contribution is -2.44. The van der Waals surface area contributed by atoms with Crippen molar-refractivity contribution in [3.05, 3.63) is 12.5 Å². The highest BCUT2D eigenvalue weighted by Crippen LogP contribution is 2.19. The van der Waals surface area contributed by atoms with E-state index >= 15 is 0 Å². The zero-order chi connectivity index (χ0) is 13.9. The normalized spacial score (nSPS) is 18.8. The van der Waals surface area contributed by atoms with Gasteiger partial charge in [0.25, 0.3) is 10.0 Å². The number of sulfonamides is 1. The average molecular weight is 286 g/mol. The summed E-state index contributed by atoms with van der Waals surface area (Å²) in [5.41, 5.74) is 0. The van der Waals surface area contributed by atoms with Crippen LogP contribution in [-0.2, 0) is 16.6 Å². The monoisotopic (exact) mass is 286 g/mol. The molecule has 0 aliphatic carbocycles. The maximum absolute atomic E-state index is 12.4. The number of nitrogens with one attached hydrogen (secondary N) is 1. The molecule has 1 aromatic heterocycles. The van der Waals surface area contributed by atoms with Crippen LogP contribution in [0.1, 0.15) is 26.7 Å². The van der Waals surface area contributed by atoms with Crippen LogP contribution in [0.5, 0.6) is 0 Å². The van der Waals surface area contributed by atoms with Gasteiger partial charge in [0, 0.05) is 31.9 Å². The van der Waals surface area contributed by atoms with Crippen molar-refractivity contribution in [3.63, 3.8) is 0 Å². The van der Waals surface area contributed by atoms with Gasteiger partial charge in [0.1, 0.15) is 0 Å². The predicted octanol–water partition coefficient (Wildman–Crippen LogP) is 0.666. The van der Waals surface area contributed by atoms with Crippen molar-refractivity contribution in [2.24, 2.45) is 0 Å². The number of hydrogen-bond acceptors (Lipinski definition) is 4. The van der Waals surface area contributed by atoms with Gasteiger partial charge >= 0.3 is 0 Å². The predicted molar refractivity (Wildman–Crippen MR) is 73.4 cm³/mol. The molecule has 6 nitrogen and oxygen atoms in total. The molecule has 1 N–H and O–H groups in total.